The van der Waals surface area contributed by atoms with Crippen molar-refractivity contribution in [2.75, 3.05) is 32.8 Å². The number of aromatic nitrogens is 2. The Labute approximate surface area is 131 Å². The zero-order valence-electron chi connectivity index (χ0n) is 13.0. The Bertz CT molecular complexity index is 534. The third-order valence-electron chi connectivity index (χ3n) is 4.89. The average molecular weight is 304 g/mol. The summed E-state index contributed by atoms with van der Waals surface area (Å²) >= 11 is 0. The number of hydrogen-bond donors (Lipinski definition) is 0. The van der Waals surface area contributed by atoms with Crippen LogP contribution in [0, 0.1) is 5.92 Å². The van der Waals surface area contributed by atoms with Gasteiger partial charge in [0.15, 0.2) is 0 Å². The Balaban J connectivity index is 1.42. The molecule has 1 unspecified atom stereocenters. The maximum atomic E-state index is 12.7. The van der Waals surface area contributed by atoms with Gasteiger partial charge in [-0.2, -0.15) is 5.10 Å². The van der Waals surface area contributed by atoms with Crippen LogP contribution in [0.25, 0.3) is 0 Å². The molecule has 2 fully saturated rings. The minimum Gasteiger partial charge on any atom is -0.379 e. The van der Waals surface area contributed by atoms with Crippen molar-refractivity contribution in [1.29, 1.82) is 0 Å². The van der Waals surface area contributed by atoms with E-state index < -0.39 is 0 Å². The number of hydrogen-bond acceptors (Lipinski definition) is 3. The van der Waals surface area contributed by atoms with Gasteiger partial charge in [-0.3, -0.25) is 4.68 Å². The molecule has 0 spiro atoms. The molecule has 0 radical (unpaired) electrons. The number of fused-ring (bicyclic) bond motifs is 1. The van der Waals surface area contributed by atoms with E-state index in [0.717, 1.165) is 44.1 Å². The van der Waals surface area contributed by atoms with Crippen LogP contribution in [-0.4, -0.2) is 58.5 Å². The molecule has 1 atom stereocenters. The Kier molecular flexibility index (Phi) is 3.78. The van der Waals surface area contributed by atoms with E-state index in [-0.39, 0.29) is 12.1 Å². The predicted octanol–water partition coefficient (Wildman–Crippen LogP) is 1.88. The number of ether oxygens (including phenoxy) is 1. The van der Waals surface area contributed by atoms with E-state index in [4.69, 9.17) is 4.74 Å². The lowest BCUT2D eigenvalue weighted by atomic mass is 10.2. The van der Waals surface area contributed by atoms with Crippen LogP contribution in [0.1, 0.15) is 37.4 Å². The van der Waals surface area contributed by atoms with Crippen LogP contribution in [0.4, 0.5) is 4.79 Å². The van der Waals surface area contributed by atoms with E-state index in [0.29, 0.717) is 19.7 Å². The topological polar surface area (TPSA) is 50.6 Å². The Morgan fingerprint density at radius 1 is 1.23 bits per heavy atom. The zero-order valence-corrected chi connectivity index (χ0v) is 13.0. The summed E-state index contributed by atoms with van der Waals surface area (Å²) in [5, 5.41) is 4.43. The molecule has 1 aromatic heterocycles. The van der Waals surface area contributed by atoms with Crippen molar-refractivity contribution in [3.8, 4) is 0 Å². The van der Waals surface area contributed by atoms with Gasteiger partial charge in [-0.15, -0.1) is 0 Å². The van der Waals surface area contributed by atoms with Gasteiger partial charge in [0.05, 0.1) is 24.9 Å². The maximum Gasteiger partial charge on any atom is 0.320 e. The quantitative estimate of drug-likeness (QED) is 0.853. The van der Waals surface area contributed by atoms with Crippen LogP contribution in [0.15, 0.2) is 12.3 Å². The molecule has 1 saturated heterocycles. The molecule has 1 saturated carbocycles. The molecule has 0 aromatic carbocycles. The number of nitrogens with zero attached hydrogens (tertiary/aromatic N) is 4. The Hall–Kier alpha value is -1.56. The largest absolute Gasteiger partial charge is 0.379 e. The van der Waals surface area contributed by atoms with E-state index in [1.54, 1.807) is 0 Å². The van der Waals surface area contributed by atoms with Crippen LogP contribution in [-0.2, 0) is 11.3 Å². The van der Waals surface area contributed by atoms with E-state index in [2.05, 4.69) is 5.10 Å². The monoisotopic (exact) mass is 304 g/mol. The average Bonchev–Trinajstić information content (AvgIpc) is 3.03. The number of likely N-dealkylation sites (tertiary alicyclic amines) is 1. The second kappa shape index (κ2) is 5.91. The second-order valence-corrected chi connectivity index (χ2v) is 6.76. The molecule has 6 nitrogen and oxygen atoms in total. The number of urea groups is 1. The highest BCUT2D eigenvalue weighted by Gasteiger charge is 2.32. The van der Waals surface area contributed by atoms with E-state index in [1.165, 1.54) is 12.8 Å². The van der Waals surface area contributed by atoms with E-state index in [9.17, 15) is 4.79 Å². The highest BCUT2D eigenvalue weighted by Crippen LogP contribution is 2.29. The first-order valence-corrected chi connectivity index (χ1v) is 8.45. The normalized spacial score (nSPS) is 24.6. The van der Waals surface area contributed by atoms with Crippen LogP contribution in [0.3, 0.4) is 0 Å². The molecule has 0 N–H and O–H groups in total. The summed E-state index contributed by atoms with van der Waals surface area (Å²) in [6.07, 6.45) is 6.69. The molecule has 3 heterocycles. The minimum absolute atomic E-state index is 0.143. The van der Waals surface area contributed by atoms with E-state index >= 15 is 0 Å². The lowest BCUT2D eigenvalue weighted by molar-refractivity contribution is 0.0617. The third-order valence-corrected chi connectivity index (χ3v) is 4.89. The first-order valence-electron chi connectivity index (χ1n) is 8.45. The lowest BCUT2D eigenvalue weighted by Crippen LogP contribution is -2.48. The van der Waals surface area contributed by atoms with Gasteiger partial charge in [0.2, 0.25) is 0 Å². The molecule has 6 heteroatoms. The molecule has 2 aliphatic heterocycles. The van der Waals surface area contributed by atoms with E-state index in [1.807, 2.05) is 26.7 Å². The molecule has 2 amide bonds. The molecular weight excluding hydrogens is 280 g/mol. The maximum absolute atomic E-state index is 12.7. The number of rotatable bonds is 4. The van der Waals surface area contributed by atoms with Crippen molar-refractivity contribution in [2.24, 2.45) is 5.92 Å². The number of carbonyl (C=O) groups excluding carboxylic acids is 1. The molecule has 0 bridgehead atoms. The zero-order chi connectivity index (χ0) is 14.9. The van der Waals surface area contributed by atoms with Crippen LogP contribution in [0.2, 0.25) is 0 Å². The summed E-state index contributed by atoms with van der Waals surface area (Å²) in [7, 11) is 0. The van der Waals surface area contributed by atoms with Crippen molar-refractivity contribution < 1.29 is 9.53 Å². The molecule has 22 heavy (non-hydrogen) atoms. The molecule has 120 valence electrons. The summed E-state index contributed by atoms with van der Waals surface area (Å²) in [4.78, 5) is 16.6. The molecule has 4 rings (SSSR count). The lowest BCUT2D eigenvalue weighted by Gasteiger charge is -2.35. The number of carbonyl (C=O) groups is 1. The first-order chi connectivity index (χ1) is 10.8. The fourth-order valence-corrected chi connectivity index (χ4v) is 3.42. The van der Waals surface area contributed by atoms with Crippen LogP contribution < -0.4 is 0 Å². The third kappa shape index (κ3) is 2.84. The van der Waals surface area contributed by atoms with Gasteiger partial charge in [0.1, 0.15) is 0 Å². The van der Waals surface area contributed by atoms with Crippen molar-refractivity contribution >= 4 is 6.03 Å². The summed E-state index contributed by atoms with van der Waals surface area (Å²) < 4.78 is 7.91. The standard InChI is InChI=1S/C16H24N4O2/c21-16(18-7-1-2-8-18)19-9-14-5-6-17-20(14)15(10-19)12-22-11-13-3-4-13/h5-6,13,15H,1-4,7-12H2. The predicted molar refractivity (Wildman–Crippen MR) is 81.4 cm³/mol. The van der Waals surface area contributed by atoms with Crippen LogP contribution >= 0.6 is 0 Å². The van der Waals surface area contributed by atoms with Gasteiger partial charge in [0.25, 0.3) is 0 Å². The van der Waals surface area contributed by atoms with Crippen LogP contribution in [0.5, 0.6) is 0 Å². The van der Waals surface area contributed by atoms with Gasteiger partial charge >= 0.3 is 6.03 Å². The number of amides is 2. The van der Waals surface area contributed by atoms with Crippen molar-refractivity contribution in [1.82, 2.24) is 19.6 Å². The van der Waals surface area contributed by atoms with Gasteiger partial charge in [-0.25, -0.2) is 4.79 Å². The molecule has 1 aromatic rings. The SMILES string of the molecule is O=C(N1CCCC1)N1Cc2ccnn2C(COCC2CC2)C1. The van der Waals surface area contributed by atoms with Crippen molar-refractivity contribution in [3.05, 3.63) is 18.0 Å². The molecule has 1 aliphatic carbocycles. The summed E-state index contributed by atoms with van der Waals surface area (Å²) in [6.45, 7) is 4.67. The Morgan fingerprint density at radius 3 is 2.82 bits per heavy atom. The van der Waals surface area contributed by atoms with Crippen molar-refractivity contribution in [3.63, 3.8) is 0 Å². The smallest absolute Gasteiger partial charge is 0.320 e. The summed E-state index contributed by atoms with van der Waals surface area (Å²) in [5.41, 5.74) is 1.11. The summed E-state index contributed by atoms with van der Waals surface area (Å²) in [5.74, 6) is 0.767. The minimum atomic E-state index is 0.143. The molecular formula is C16H24N4O2. The summed E-state index contributed by atoms with van der Waals surface area (Å²) in [6, 6.07) is 2.33. The highest BCUT2D eigenvalue weighted by molar-refractivity contribution is 5.74. The fourth-order valence-electron chi connectivity index (χ4n) is 3.42. The van der Waals surface area contributed by atoms with Gasteiger partial charge < -0.3 is 14.5 Å². The highest BCUT2D eigenvalue weighted by atomic mass is 16.5. The second-order valence-electron chi connectivity index (χ2n) is 6.76. The van der Waals surface area contributed by atoms with Crippen molar-refractivity contribution in [2.45, 2.75) is 38.3 Å². The van der Waals surface area contributed by atoms with Gasteiger partial charge in [0, 0.05) is 32.4 Å². The molecule has 3 aliphatic rings. The Morgan fingerprint density at radius 2 is 2.05 bits per heavy atom. The fraction of sp³-hybridized carbons (Fsp3) is 0.750. The first kappa shape index (κ1) is 14.1. The van der Waals surface area contributed by atoms with Gasteiger partial charge in [-0.05, 0) is 37.7 Å². The van der Waals surface area contributed by atoms with Gasteiger partial charge in [-0.1, -0.05) is 0 Å².